The van der Waals surface area contributed by atoms with Crippen molar-refractivity contribution in [2.45, 2.75) is 0 Å². The number of aliphatic hydroxyl groups is 4. The molecule has 4 heteroatoms. The lowest BCUT2D eigenvalue weighted by atomic mass is 9.93. The van der Waals surface area contributed by atoms with E-state index < -0.39 is 31.8 Å². The second-order valence-corrected chi connectivity index (χ2v) is 4.86. The third-order valence-electron chi connectivity index (χ3n) is 3.22. The van der Waals surface area contributed by atoms with Crippen molar-refractivity contribution in [2.24, 2.45) is 5.41 Å². The largest absolute Gasteiger partial charge is 0.396 e. The molecule has 0 aliphatic heterocycles. The summed E-state index contributed by atoms with van der Waals surface area (Å²) in [6, 6.07) is 20.8. The average molecular weight is 290 g/mol. The van der Waals surface area contributed by atoms with Crippen molar-refractivity contribution >= 4 is 0 Å². The Labute approximate surface area is 124 Å². The minimum atomic E-state index is -1.11. The first-order valence-electron chi connectivity index (χ1n) is 6.75. The maximum atomic E-state index is 8.50. The van der Waals surface area contributed by atoms with Crippen molar-refractivity contribution in [3.8, 4) is 11.1 Å². The third kappa shape index (κ3) is 5.28. The number of aliphatic hydroxyl groups excluding tert-OH is 4. The van der Waals surface area contributed by atoms with Gasteiger partial charge in [-0.3, -0.25) is 0 Å². The lowest BCUT2D eigenvalue weighted by Crippen LogP contribution is -2.37. The van der Waals surface area contributed by atoms with Gasteiger partial charge >= 0.3 is 0 Å². The molecule has 0 amide bonds. The Morgan fingerprint density at radius 1 is 0.524 bits per heavy atom. The average Bonchev–Trinajstić information content (AvgIpc) is 2.60. The highest BCUT2D eigenvalue weighted by atomic mass is 16.3. The minimum Gasteiger partial charge on any atom is -0.396 e. The molecule has 0 fully saturated rings. The van der Waals surface area contributed by atoms with Crippen LogP contribution in [0.4, 0.5) is 0 Å². The van der Waals surface area contributed by atoms with Gasteiger partial charge in [0.05, 0.1) is 31.8 Å². The Hall–Kier alpha value is -1.72. The van der Waals surface area contributed by atoms with Crippen molar-refractivity contribution in [2.75, 3.05) is 26.4 Å². The quantitative estimate of drug-likeness (QED) is 0.669. The molecule has 0 atom stereocenters. The molecule has 0 radical (unpaired) electrons. The van der Waals surface area contributed by atoms with Crippen LogP contribution in [0.5, 0.6) is 0 Å². The van der Waals surface area contributed by atoms with Crippen LogP contribution in [-0.4, -0.2) is 46.9 Å². The fourth-order valence-corrected chi connectivity index (χ4v) is 1.56. The molecule has 2 aromatic carbocycles. The van der Waals surface area contributed by atoms with Crippen LogP contribution in [0.3, 0.4) is 0 Å². The zero-order valence-electron chi connectivity index (χ0n) is 11.9. The van der Waals surface area contributed by atoms with Gasteiger partial charge in [-0.25, -0.2) is 0 Å². The highest BCUT2D eigenvalue weighted by Crippen LogP contribution is 2.17. The summed E-state index contributed by atoms with van der Waals surface area (Å²) in [7, 11) is 0. The molecular weight excluding hydrogens is 268 g/mol. The topological polar surface area (TPSA) is 80.9 Å². The van der Waals surface area contributed by atoms with Crippen LogP contribution in [0.1, 0.15) is 0 Å². The molecule has 2 aromatic rings. The van der Waals surface area contributed by atoms with Crippen LogP contribution in [0.25, 0.3) is 11.1 Å². The predicted molar refractivity (Wildman–Crippen MR) is 82.7 cm³/mol. The van der Waals surface area contributed by atoms with Crippen LogP contribution < -0.4 is 0 Å². The zero-order chi connectivity index (χ0) is 15.6. The van der Waals surface area contributed by atoms with Crippen molar-refractivity contribution in [3.63, 3.8) is 0 Å². The fraction of sp³-hybridized carbons (Fsp3) is 0.294. The first-order chi connectivity index (χ1) is 10.2. The van der Waals surface area contributed by atoms with E-state index in [9.17, 15) is 0 Å². The van der Waals surface area contributed by atoms with Gasteiger partial charge in [0.1, 0.15) is 0 Å². The Kier molecular flexibility index (Phi) is 7.64. The maximum absolute atomic E-state index is 8.50. The molecule has 0 saturated carbocycles. The van der Waals surface area contributed by atoms with Gasteiger partial charge in [0.25, 0.3) is 0 Å². The van der Waals surface area contributed by atoms with Crippen LogP contribution in [0, 0.1) is 5.41 Å². The number of hydrogen-bond acceptors (Lipinski definition) is 4. The van der Waals surface area contributed by atoms with Gasteiger partial charge in [-0.05, 0) is 11.1 Å². The van der Waals surface area contributed by atoms with E-state index in [2.05, 4.69) is 48.5 Å². The molecule has 4 nitrogen and oxygen atoms in total. The molecule has 0 saturated heterocycles. The van der Waals surface area contributed by atoms with E-state index in [-0.39, 0.29) is 0 Å². The Bertz CT molecular complexity index is 426. The van der Waals surface area contributed by atoms with Crippen LogP contribution in [0.2, 0.25) is 0 Å². The van der Waals surface area contributed by atoms with Crippen LogP contribution in [-0.2, 0) is 0 Å². The second-order valence-electron chi connectivity index (χ2n) is 4.86. The Morgan fingerprint density at radius 2 is 0.810 bits per heavy atom. The summed E-state index contributed by atoms with van der Waals surface area (Å²) in [6.07, 6.45) is 0. The van der Waals surface area contributed by atoms with Gasteiger partial charge < -0.3 is 20.4 Å². The summed E-state index contributed by atoms with van der Waals surface area (Å²) < 4.78 is 0. The Balaban J connectivity index is 0.000000222. The summed E-state index contributed by atoms with van der Waals surface area (Å²) >= 11 is 0. The highest BCUT2D eigenvalue weighted by molar-refractivity contribution is 5.62. The molecule has 114 valence electrons. The summed E-state index contributed by atoms with van der Waals surface area (Å²) in [5.41, 5.74) is 1.44. The molecule has 0 aliphatic carbocycles. The molecule has 0 aliphatic rings. The normalized spacial score (nSPS) is 10.7. The fourth-order valence-electron chi connectivity index (χ4n) is 1.56. The molecule has 0 aromatic heterocycles. The van der Waals surface area contributed by atoms with Crippen molar-refractivity contribution in [1.29, 1.82) is 0 Å². The predicted octanol–water partition coefficient (Wildman–Crippen LogP) is 1.30. The molecule has 0 spiro atoms. The summed E-state index contributed by atoms with van der Waals surface area (Å²) in [6.45, 7) is -1.62. The van der Waals surface area contributed by atoms with Gasteiger partial charge in [0.15, 0.2) is 0 Å². The standard InChI is InChI=1S/C12H10.C5H12O4/c1-3-7-11(8-4-1)12-9-5-2-6-10-12;6-1-5(2-7,3-8)4-9/h1-10H;6-9H,1-4H2. The van der Waals surface area contributed by atoms with Crippen LogP contribution >= 0.6 is 0 Å². The van der Waals surface area contributed by atoms with Crippen molar-refractivity contribution in [1.82, 2.24) is 0 Å². The molecule has 2 rings (SSSR count). The minimum absolute atomic E-state index is 0.406. The number of hydrogen-bond donors (Lipinski definition) is 4. The van der Waals surface area contributed by atoms with Gasteiger partial charge in [0.2, 0.25) is 0 Å². The van der Waals surface area contributed by atoms with E-state index in [1.165, 1.54) is 11.1 Å². The summed E-state index contributed by atoms with van der Waals surface area (Å²) in [5.74, 6) is 0. The van der Waals surface area contributed by atoms with Gasteiger partial charge in [0, 0.05) is 0 Å². The monoisotopic (exact) mass is 290 g/mol. The summed E-state index contributed by atoms with van der Waals surface area (Å²) in [4.78, 5) is 0. The molecule has 21 heavy (non-hydrogen) atoms. The van der Waals surface area contributed by atoms with Gasteiger partial charge in [-0.15, -0.1) is 0 Å². The maximum Gasteiger partial charge on any atom is 0.0627 e. The SMILES string of the molecule is OCC(CO)(CO)CO.c1ccc(-c2ccccc2)cc1. The first kappa shape index (κ1) is 17.3. The highest BCUT2D eigenvalue weighted by Gasteiger charge is 2.26. The van der Waals surface area contributed by atoms with E-state index >= 15 is 0 Å². The van der Waals surface area contributed by atoms with E-state index in [1.54, 1.807) is 0 Å². The van der Waals surface area contributed by atoms with E-state index in [1.807, 2.05) is 12.1 Å². The second kappa shape index (κ2) is 9.26. The number of benzene rings is 2. The van der Waals surface area contributed by atoms with E-state index in [4.69, 9.17) is 20.4 Å². The molecule has 0 bridgehead atoms. The molecule has 0 unspecified atom stereocenters. The molecule has 0 heterocycles. The van der Waals surface area contributed by atoms with Crippen LogP contribution in [0.15, 0.2) is 60.7 Å². The van der Waals surface area contributed by atoms with E-state index in [0.717, 1.165) is 0 Å². The zero-order valence-corrected chi connectivity index (χ0v) is 11.9. The molecule has 4 N–H and O–H groups in total. The number of rotatable bonds is 5. The van der Waals surface area contributed by atoms with Gasteiger partial charge in [-0.2, -0.15) is 0 Å². The Morgan fingerprint density at radius 3 is 1.00 bits per heavy atom. The lowest BCUT2D eigenvalue weighted by Gasteiger charge is -2.23. The first-order valence-corrected chi connectivity index (χ1v) is 6.75. The third-order valence-corrected chi connectivity index (χ3v) is 3.22. The molecular formula is C17H22O4. The lowest BCUT2D eigenvalue weighted by molar-refractivity contribution is -0.0328. The van der Waals surface area contributed by atoms with Crippen molar-refractivity contribution < 1.29 is 20.4 Å². The summed E-state index contributed by atoms with van der Waals surface area (Å²) in [5, 5.41) is 34.0. The smallest absolute Gasteiger partial charge is 0.0627 e. The van der Waals surface area contributed by atoms with Gasteiger partial charge in [-0.1, -0.05) is 60.7 Å². The van der Waals surface area contributed by atoms with Crippen molar-refractivity contribution in [3.05, 3.63) is 60.7 Å². The van der Waals surface area contributed by atoms with E-state index in [0.29, 0.717) is 0 Å².